The van der Waals surface area contributed by atoms with Crippen molar-refractivity contribution in [3.63, 3.8) is 0 Å². The van der Waals surface area contributed by atoms with Crippen molar-refractivity contribution in [1.29, 1.82) is 0 Å². The van der Waals surface area contributed by atoms with Gasteiger partial charge >= 0.3 is 0 Å². The first kappa shape index (κ1) is 19.2. The maximum Gasteiger partial charge on any atom is 0.230 e. The average molecular weight is 401 g/mol. The molecule has 0 bridgehead atoms. The van der Waals surface area contributed by atoms with E-state index in [-0.39, 0.29) is 18.4 Å². The van der Waals surface area contributed by atoms with E-state index in [0.717, 1.165) is 62.4 Å². The largest absolute Gasteiger partial charge is 0.390 e. The number of aryl methyl sites for hydroxylation is 1. The number of aliphatic hydroxyl groups is 1. The Bertz CT molecular complexity index is 852. The fourth-order valence-electron chi connectivity index (χ4n) is 4.12. The molecule has 0 unspecified atom stereocenters. The molecule has 3 heterocycles. The summed E-state index contributed by atoms with van der Waals surface area (Å²) in [6, 6.07) is 7.57. The van der Waals surface area contributed by atoms with Crippen LogP contribution in [0.4, 0.5) is 11.6 Å². The molecule has 2 aliphatic rings. The van der Waals surface area contributed by atoms with E-state index in [9.17, 15) is 9.90 Å². The minimum Gasteiger partial charge on any atom is -0.390 e. The van der Waals surface area contributed by atoms with E-state index >= 15 is 0 Å². The molecule has 0 spiro atoms. The van der Waals surface area contributed by atoms with Gasteiger partial charge in [0.25, 0.3) is 0 Å². The number of rotatable bonds is 3. The van der Waals surface area contributed by atoms with E-state index in [2.05, 4.69) is 14.9 Å². The van der Waals surface area contributed by atoms with Crippen molar-refractivity contribution in [2.75, 3.05) is 29.4 Å². The molecular formula is C21H25ClN4O2. The monoisotopic (exact) mass is 400 g/mol. The van der Waals surface area contributed by atoms with Crippen LogP contribution in [0.3, 0.4) is 0 Å². The lowest BCUT2D eigenvalue weighted by atomic mass is 9.95. The number of fused-ring (bicyclic) bond motifs is 1. The van der Waals surface area contributed by atoms with Gasteiger partial charge in [0.1, 0.15) is 0 Å². The number of aromatic nitrogens is 2. The van der Waals surface area contributed by atoms with Gasteiger partial charge in [-0.3, -0.25) is 4.79 Å². The number of hydrogen-bond acceptors (Lipinski definition) is 5. The summed E-state index contributed by atoms with van der Waals surface area (Å²) in [5, 5.41) is 10.0. The second kappa shape index (κ2) is 8.45. The third-order valence-electron chi connectivity index (χ3n) is 5.67. The Morgan fingerprint density at radius 3 is 2.79 bits per heavy atom. The Morgan fingerprint density at radius 1 is 1.18 bits per heavy atom. The second-order valence-electron chi connectivity index (χ2n) is 7.49. The highest BCUT2D eigenvalue weighted by Crippen LogP contribution is 2.32. The Hall–Kier alpha value is -2.18. The maximum absolute atomic E-state index is 13.3. The van der Waals surface area contributed by atoms with Gasteiger partial charge in [-0.15, -0.1) is 0 Å². The van der Waals surface area contributed by atoms with Crippen LogP contribution in [0.25, 0.3) is 0 Å². The van der Waals surface area contributed by atoms with Crippen molar-refractivity contribution in [2.24, 2.45) is 5.92 Å². The van der Waals surface area contributed by atoms with Crippen molar-refractivity contribution in [3.05, 3.63) is 46.7 Å². The summed E-state index contributed by atoms with van der Waals surface area (Å²) in [6.07, 6.45) is 6.30. The molecule has 0 radical (unpaired) electrons. The van der Waals surface area contributed by atoms with E-state index < -0.39 is 0 Å². The zero-order chi connectivity index (χ0) is 19.5. The van der Waals surface area contributed by atoms with E-state index in [4.69, 9.17) is 11.6 Å². The van der Waals surface area contributed by atoms with Gasteiger partial charge in [0.15, 0.2) is 0 Å². The van der Waals surface area contributed by atoms with Gasteiger partial charge in [-0.1, -0.05) is 11.6 Å². The van der Waals surface area contributed by atoms with Gasteiger partial charge in [0.2, 0.25) is 11.9 Å². The smallest absolute Gasteiger partial charge is 0.230 e. The van der Waals surface area contributed by atoms with Crippen molar-refractivity contribution < 1.29 is 9.90 Å². The molecule has 1 aromatic carbocycles. The van der Waals surface area contributed by atoms with Gasteiger partial charge in [-0.05, 0) is 61.9 Å². The molecule has 1 aromatic heterocycles. The van der Waals surface area contributed by atoms with Crippen LogP contribution in [-0.4, -0.2) is 40.6 Å². The second-order valence-corrected chi connectivity index (χ2v) is 7.92. The molecular weight excluding hydrogens is 376 g/mol. The molecule has 2 aliphatic heterocycles. The molecule has 2 aromatic rings. The minimum atomic E-state index is -0.0944. The highest BCUT2D eigenvalue weighted by atomic mass is 35.5. The molecule has 0 saturated carbocycles. The van der Waals surface area contributed by atoms with E-state index in [1.165, 1.54) is 5.56 Å². The first-order valence-corrected chi connectivity index (χ1v) is 10.3. The van der Waals surface area contributed by atoms with Crippen molar-refractivity contribution in [1.82, 2.24) is 9.97 Å². The van der Waals surface area contributed by atoms with E-state index in [1.807, 2.05) is 23.1 Å². The predicted octanol–water partition coefficient (Wildman–Crippen LogP) is 3.21. The molecule has 28 heavy (non-hydrogen) atoms. The third-order valence-corrected chi connectivity index (χ3v) is 5.90. The number of piperidine rings is 1. The van der Waals surface area contributed by atoms with Crippen molar-refractivity contribution in [2.45, 2.75) is 38.7 Å². The van der Waals surface area contributed by atoms with Gasteiger partial charge < -0.3 is 14.9 Å². The SMILES string of the molecule is O=C(C1CCN(c2nccc(CO)n2)CC1)N1CCCCc2cc(Cl)ccc21. The summed E-state index contributed by atoms with van der Waals surface area (Å²) >= 11 is 6.17. The molecule has 148 valence electrons. The van der Waals surface area contributed by atoms with Gasteiger partial charge in [-0.25, -0.2) is 9.97 Å². The zero-order valence-corrected chi connectivity index (χ0v) is 16.6. The van der Waals surface area contributed by atoms with Crippen molar-refractivity contribution >= 4 is 29.1 Å². The normalized spacial score (nSPS) is 17.9. The molecule has 1 N–H and O–H groups in total. The number of benzene rings is 1. The Morgan fingerprint density at radius 2 is 2.00 bits per heavy atom. The fourth-order valence-corrected chi connectivity index (χ4v) is 4.32. The van der Waals surface area contributed by atoms with Crippen LogP contribution in [0.1, 0.15) is 36.9 Å². The summed E-state index contributed by atoms with van der Waals surface area (Å²) in [5.74, 6) is 0.862. The molecule has 1 saturated heterocycles. The van der Waals surface area contributed by atoms with Gasteiger partial charge in [-0.2, -0.15) is 0 Å². The number of hydrogen-bond donors (Lipinski definition) is 1. The lowest BCUT2D eigenvalue weighted by molar-refractivity contribution is -0.123. The van der Waals surface area contributed by atoms with E-state index in [0.29, 0.717) is 11.6 Å². The Balaban J connectivity index is 1.45. The molecule has 4 rings (SSSR count). The molecule has 0 atom stereocenters. The van der Waals surface area contributed by atoms with Crippen LogP contribution < -0.4 is 9.80 Å². The summed E-state index contributed by atoms with van der Waals surface area (Å²) < 4.78 is 0. The molecule has 0 aliphatic carbocycles. The topological polar surface area (TPSA) is 69.6 Å². The summed E-state index contributed by atoms with van der Waals surface area (Å²) in [7, 11) is 0. The van der Waals surface area contributed by atoms with Crippen LogP contribution >= 0.6 is 11.6 Å². The van der Waals surface area contributed by atoms with Crippen LogP contribution in [0.15, 0.2) is 30.5 Å². The number of halogens is 1. The van der Waals surface area contributed by atoms with E-state index in [1.54, 1.807) is 12.3 Å². The van der Waals surface area contributed by atoms with Crippen LogP contribution in [-0.2, 0) is 17.8 Å². The highest BCUT2D eigenvalue weighted by molar-refractivity contribution is 6.30. The standard InChI is InChI=1S/C21H25ClN4O2/c22-17-4-5-19-16(13-17)3-1-2-10-26(19)20(28)15-7-11-25(12-8-15)21-23-9-6-18(14-27)24-21/h4-6,9,13,15,27H,1-3,7-8,10-12,14H2. The van der Waals surface area contributed by atoms with Gasteiger partial charge in [0.05, 0.1) is 12.3 Å². The Kier molecular flexibility index (Phi) is 5.78. The van der Waals surface area contributed by atoms with Crippen LogP contribution in [0.2, 0.25) is 5.02 Å². The average Bonchev–Trinajstić information content (AvgIpc) is 2.95. The summed E-state index contributed by atoms with van der Waals surface area (Å²) in [5.41, 5.74) is 2.81. The number of nitrogens with zero attached hydrogens (tertiary/aromatic N) is 4. The lowest BCUT2D eigenvalue weighted by Crippen LogP contribution is -2.43. The number of anilines is 2. The number of amides is 1. The summed E-state index contributed by atoms with van der Waals surface area (Å²) in [6.45, 7) is 2.16. The summed E-state index contributed by atoms with van der Waals surface area (Å²) in [4.78, 5) is 26.1. The number of carbonyl (C=O) groups is 1. The molecule has 1 fully saturated rings. The predicted molar refractivity (Wildman–Crippen MR) is 110 cm³/mol. The zero-order valence-electron chi connectivity index (χ0n) is 15.9. The number of carbonyl (C=O) groups excluding carboxylic acids is 1. The fraction of sp³-hybridized carbons (Fsp3) is 0.476. The van der Waals surface area contributed by atoms with Crippen LogP contribution in [0.5, 0.6) is 0 Å². The molecule has 7 heteroatoms. The lowest BCUT2D eigenvalue weighted by Gasteiger charge is -2.34. The quantitative estimate of drug-likeness (QED) is 0.856. The first-order chi connectivity index (χ1) is 13.7. The molecule has 1 amide bonds. The third kappa shape index (κ3) is 3.98. The highest BCUT2D eigenvalue weighted by Gasteiger charge is 2.31. The van der Waals surface area contributed by atoms with Gasteiger partial charge in [0, 0.05) is 42.5 Å². The Labute approximate surface area is 170 Å². The maximum atomic E-state index is 13.3. The molecule has 6 nitrogen and oxygen atoms in total. The number of aliphatic hydroxyl groups excluding tert-OH is 1. The van der Waals surface area contributed by atoms with Crippen molar-refractivity contribution in [3.8, 4) is 0 Å². The van der Waals surface area contributed by atoms with Crippen LogP contribution in [0, 0.1) is 5.92 Å². The first-order valence-electron chi connectivity index (χ1n) is 9.93. The minimum absolute atomic E-state index is 0.0129.